The van der Waals surface area contributed by atoms with Crippen LogP contribution < -0.4 is 0 Å². The monoisotopic (exact) mass is 377 g/mol. The van der Waals surface area contributed by atoms with Crippen LogP contribution in [0.15, 0.2) is 61.2 Å². The maximum absolute atomic E-state index is 13.2. The second kappa shape index (κ2) is 8.71. The fourth-order valence-electron chi connectivity index (χ4n) is 3.53. The van der Waals surface area contributed by atoms with Crippen LogP contribution in [0.25, 0.3) is 0 Å². The molecule has 0 aliphatic carbocycles. The van der Waals surface area contributed by atoms with Crippen LogP contribution in [0.1, 0.15) is 17.2 Å². The number of rotatable bonds is 6. The van der Waals surface area contributed by atoms with Gasteiger partial charge in [0.2, 0.25) is 5.91 Å². The highest BCUT2D eigenvalue weighted by Crippen LogP contribution is 2.18. The van der Waals surface area contributed by atoms with Gasteiger partial charge in [-0.2, -0.15) is 0 Å². The molecule has 0 radical (unpaired) electrons. The average Bonchev–Trinajstić information content (AvgIpc) is 3.28. The van der Waals surface area contributed by atoms with Crippen molar-refractivity contribution < 1.29 is 4.79 Å². The summed E-state index contributed by atoms with van der Waals surface area (Å²) in [6.45, 7) is 3.99. The normalized spacial score (nSPS) is 16.1. The van der Waals surface area contributed by atoms with Crippen molar-refractivity contribution in [2.75, 3.05) is 26.2 Å². The van der Waals surface area contributed by atoms with E-state index in [1.165, 1.54) is 11.9 Å². The number of hydrogen-bond acceptors (Lipinski definition) is 6. The number of carbonyl (C=O) groups is 1. The molecular formula is C20H23N7O. The Morgan fingerprint density at radius 2 is 1.71 bits per heavy atom. The lowest BCUT2D eigenvalue weighted by Gasteiger charge is -2.36. The van der Waals surface area contributed by atoms with Crippen LogP contribution >= 0.6 is 0 Å². The van der Waals surface area contributed by atoms with E-state index in [0.29, 0.717) is 19.5 Å². The summed E-state index contributed by atoms with van der Waals surface area (Å²) in [5.74, 6) is 0.0692. The SMILES string of the molecule is O=C(C(Cc1ccccc1)n1cnnn1)N1CCN(Cc2ccncc2)CC1. The molecule has 1 saturated heterocycles. The van der Waals surface area contributed by atoms with Gasteiger partial charge >= 0.3 is 0 Å². The molecule has 1 fully saturated rings. The number of pyridine rings is 1. The molecule has 0 N–H and O–H groups in total. The summed E-state index contributed by atoms with van der Waals surface area (Å²) >= 11 is 0. The topological polar surface area (TPSA) is 80.0 Å². The summed E-state index contributed by atoms with van der Waals surface area (Å²) < 4.78 is 1.57. The fraction of sp³-hybridized carbons (Fsp3) is 0.350. The van der Waals surface area contributed by atoms with Gasteiger partial charge < -0.3 is 4.90 Å². The van der Waals surface area contributed by atoms with Gasteiger partial charge in [0, 0.05) is 51.5 Å². The average molecular weight is 377 g/mol. The van der Waals surface area contributed by atoms with Gasteiger partial charge in [-0.25, -0.2) is 4.68 Å². The summed E-state index contributed by atoms with van der Waals surface area (Å²) in [5, 5.41) is 11.4. The molecule has 3 heterocycles. The summed E-state index contributed by atoms with van der Waals surface area (Å²) in [6, 6.07) is 13.6. The van der Waals surface area contributed by atoms with Crippen molar-refractivity contribution in [2.24, 2.45) is 0 Å². The van der Waals surface area contributed by atoms with E-state index in [1.54, 1.807) is 4.68 Å². The largest absolute Gasteiger partial charge is 0.338 e. The number of piperazine rings is 1. The van der Waals surface area contributed by atoms with Crippen molar-refractivity contribution in [1.29, 1.82) is 0 Å². The maximum Gasteiger partial charge on any atom is 0.248 e. The molecule has 0 spiro atoms. The van der Waals surface area contributed by atoms with Crippen LogP contribution in [-0.4, -0.2) is 67.1 Å². The second-order valence-electron chi connectivity index (χ2n) is 6.95. The van der Waals surface area contributed by atoms with Crippen LogP contribution in [-0.2, 0) is 17.8 Å². The van der Waals surface area contributed by atoms with Crippen LogP contribution in [0.2, 0.25) is 0 Å². The van der Waals surface area contributed by atoms with E-state index >= 15 is 0 Å². The molecule has 3 aromatic rings. The van der Waals surface area contributed by atoms with E-state index < -0.39 is 6.04 Å². The Morgan fingerprint density at radius 3 is 2.39 bits per heavy atom. The zero-order chi connectivity index (χ0) is 19.2. The van der Waals surface area contributed by atoms with E-state index in [2.05, 4.69) is 25.4 Å². The molecule has 1 amide bonds. The van der Waals surface area contributed by atoms with Crippen LogP contribution in [0.5, 0.6) is 0 Å². The first-order chi connectivity index (χ1) is 13.8. The molecule has 1 aromatic carbocycles. The van der Waals surface area contributed by atoms with E-state index in [4.69, 9.17) is 0 Å². The summed E-state index contributed by atoms with van der Waals surface area (Å²) in [6.07, 6.45) is 5.72. The van der Waals surface area contributed by atoms with Gasteiger partial charge in [0.1, 0.15) is 12.4 Å². The molecular weight excluding hydrogens is 354 g/mol. The van der Waals surface area contributed by atoms with Crippen molar-refractivity contribution >= 4 is 5.91 Å². The Bertz CT molecular complexity index is 862. The highest BCUT2D eigenvalue weighted by Gasteiger charge is 2.29. The molecule has 1 aliphatic rings. The molecule has 2 aromatic heterocycles. The van der Waals surface area contributed by atoms with Crippen molar-refractivity contribution in [2.45, 2.75) is 19.0 Å². The highest BCUT2D eigenvalue weighted by molar-refractivity contribution is 5.80. The first-order valence-electron chi connectivity index (χ1n) is 9.46. The van der Waals surface area contributed by atoms with Gasteiger partial charge in [0.15, 0.2) is 0 Å². The molecule has 0 saturated carbocycles. The van der Waals surface area contributed by atoms with Crippen molar-refractivity contribution in [1.82, 2.24) is 35.0 Å². The second-order valence-corrected chi connectivity index (χ2v) is 6.95. The van der Waals surface area contributed by atoms with Crippen molar-refractivity contribution in [3.63, 3.8) is 0 Å². The minimum Gasteiger partial charge on any atom is -0.338 e. The molecule has 0 bridgehead atoms. The minimum atomic E-state index is -0.427. The van der Waals surface area contributed by atoms with Gasteiger partial charge in [-0.15, -0.1) is 5.10 Å². The third kappa shape index (κ3) is 4.40. The Morgan fingerprint density at radius 1 is 0.964 bits per heavy atom. The van der Waals surface area contributed by atoms with Crippen LogP contribution in [0.3, 0.4) is 0 Å². The lowest BCUT2D eigenvalue weighted by molar-refractivity contribution is -0.137. The smallest absolute Gasteiger partial charge is 0.248 e. The third-order valence-electron chi connectivity index (χ3n) is 5.08. The number of amides is 1. The van der Waals surface area contributed by atoms with Crippen molar-refractivity contribution in [3.05, 3.63) is 72.3 Å². The van der Waals surface area contributed by atoms with Gasteiger partial charge in [0.05, 0.1) is 0 Å². The highest BCUT2D eigenvalue weighted by atomic mass is 16.2. The van der Waals surface area contributed by atoms with Crippen molar-refractivity contribution in [3.8, 4) is 0 Å². The molecule has 1 aliphatic heterocycles. The standard InChI is InChI=1S/C20H23N7O/c28-20(19(27-16-22-23-24-27)14-17-4-2-1-3-5-17)26-12-10-25(11-13-26)15-18-6-8-21-9-7-18/h1-9,16,19H,10-15H2. The molecule has 28 heavy (non-hydrogen) atoms. The van der Waals surface area contributed by atoms with E-state index in [9.17, 15) is 4.79 Å². The number of benzene rings is 1. The molecule has 8 heteroatoms. The summed E-state index contributed by atoms with van der Waals surface area (Å²) in [7, 11) is 0. The zero-order valence-electron chi connectivity index (χ0n) is 15.6. The number of carbonyl (C=O) groups excluding carboxylic acids is 1. The van der Waals surface area contributed by atoms with Crippen LogP contribution in [0.4, 0.5) is 0 Å². The maximum atomic E-state index is 13.2. The van der Waals surface area contributed by atoms with E-state index in [1.807, 2.05) is 59.8 Å². The Kier molecular flexibility index (Phi) is 5.67. The van der Waals surface area contributed by atoms with Gasteiger partial charge in [-0.3, -0.25) is 14.7 Å². The fourth-order valence-corrected chi connectivity index (χ4v) is 3.53. The quantitative estimate of drug-likeness (QED) is 0.642. The van der Waals surface area contributed by atoms with Gasteiger partial charge in [-0.05, 0) is 33.7 Å². The predicted molar refractivity (Wildman–Crippen MR) is 103 cm³/mol. The molecule has 1 unspecified atom stereocenters. The first kappa shape index (κ1) is 18.2. The van der Waals surface area contributed by atoms with Crippen LogP contribution in [0, 0.1) is 0 Å². The molecule has 144 valence electrons. The van der Waals surface area contributed by atoms with E-state index in [-0.39, 0.29) is 5.91 Å². The summed E-state index contributed by atoms with van der Waals surface area (Å²) in [4.78, 5) is 21.6. The number of tetrazole rings is 1. The Hall–Kier alpha value is -3.13. The first-order valence-corrected chi connectivity index (χ1v) is 9.46. The number of hydrogen-bond donors (Lipinski definition) is 0. The third-order valence-corrected chi connectivity index (χ3v) is 5.08. The predicted octanol–water partition coefficient (Wildman–Crippen LogP) is 1.20. The van der Waals surface area contributed by atoms with Gasteiger partial charge in [-0.1, -0.05) is 30.3 Å². The molecule has 4 rings (SSSR count). The minimum absolute atomic E-state index is 0.0692. The molecule has 8 nitrogen and oxygen atoms in total. The van der Waals surface area contributed by atoms with E-state index in [0.717, 1.165) is 25.2 Å². The molecule has 1 atom stereocenters. The lowest BCUT2D eigenvalue weighted by atomic mass is 10.0. The Labute approximate surface area is 163 Å². The zero-order valence-corrected chi connectivity index (χ0v) is 15.6. The summed E-state index contributed by atoms with van der Waals surface area (Å²) in [5.41, 5.74) is 2.33. The number of aromatic nitrogens is 5. The van der Waals surface area contributed by atoms with Gasteiger partial charge in [0.25, 0.3) is 0 Å². The lowest BCUT2D eigenvalue weighted by Crippen LogP contribution is -2.50. The number of nitrogens with zero attached hydrogens (tertiary/aromatic N) is 7. The Balaban J connectivity index is 1.40.